The summed E-state index contributed by atoms with van der Waals surface area (Å²) in [6.07, 6.45) is 0. The van der Waals surface area contributed by atoms with Gasteiger partial charge in [0.05, 0.1) is 16.7 Å². The van der Waals surface area contributed by atoms with Gasteiger partial charge in [-0.3, -0.25) is 4.57 Å². The number of aromatic nitrogens is 2. The number of fused-ring (bicyclic) bond motifs is 3. The summed E-state index contributed by atoms with van der Waals surface area (Å²) in [5.74, 6) is 1.79. The zero-order valence-electron chi connectivity index (χ0n) is 23.3. The Morgan fingerprint density at radius 2 is 1.32 bits per heavy atom. The average molecular weight is 537 g/mol. The van der Waals surface area contributed by atoms with Crippen LogP contribution in [0.2, 0.25) is 0 Å². The standard InChI is InChI=1S/C37H32N2S/c1-23(2)29-12-9-13-30(24(3)4)36(29)39-34-15-8-7-14-33(34)38-37(39)32-22-40-35-19-18-28(21-31(32)35)27-17-16-25-10-5-6-11-26(25)20-27/h5-24H,1-4H3. The molecule has 0 unspecified atom stereocenters. The molecule has 2 aromatic heterocycles. The van der Waals surface area contributed by atoms with Gasteiger partial charge in [-0.1, -0.05) is 100 Å². The highest BCUT2D eigenvalue weighted by Crippen LogP contribution is 2.41. The van der Waals surface area contributed by atoms with Crippen LogP contribution in [0.1, 0.15) is 50.7 Å². The van der Waals surface area contributed by atoms with Crippen LogP contribution < -0.4 is 0 Å². The maximum Gasteiger partial charge on any atom is 0.147 e. The predicted octanol–water partition coefficient (Wildman–Crippen LogP) is 11.0. The molecule has 0 fully saturated rings. The second kappa shape index (κ2) is 9.76. The van der Waals surface area contributed by atoms with Crippen molar-refractivity contribution < 1.29 is 0 Å². The molecule has 7 rings (SSSR count). The molecule has 7 aromatic rings. The number of benzene rings is 5. The van der Waals surface area contributed by atoms with E-state index in [1.807, 2.05) is 0 Å². The molecule has 0 aliphatic carbocycles. The first-order valence-electron chi connectivity index (χ1n) is 14.1. The van der Waals surface area contributed by atoms with Crippen LogP contribution in [0.3, 0.4) is 0 Å². The van der Waals surface area contributed by atoms with Crippen molar-refractivity contribution in [2.45, 2.75) is 39.5 Å². The quantitative estimate of drug-likeness (QED) is 0.214. The number of hydrogen-bond acceptors (Lipinski definition) is 2. The molecular weight excluding hydrogens is 504 g/mol. The lowest BCUT2D eigenvalue weighted by atomic mass is 9.92. The highest BCUT2D eigenvalue weighted by Gasteiger charge is 2.23. The average Bonchev–Trinajstić information content (AvgIpc) is 3.57. The van der Waals surface area contributed by atoms with Crippen LogP contribution in [0, 0.1) is 0 Å². The smallest absolute Gasteiger partial charge is 0.147 e. The van der Waals surface area contributed by atoms with E-state index in [-0.39, 0.29) is 0 Å². The fourth-order valence-corrected chi connectivity index (χ4v) is 6.87. The van der Waals surface area contributed by atoms with Gasteiger partial charge in [-0.05, 0) is 75.2 Å². The number of imidazole rings is 1. The Hall–Kier alpha value is -4.21. The Kier molecular flexibility index (Phi) is 6.05. The predicted molar refractivity (Wildman–Crippen MR) is 173 cm³/mol. The fraction of sp³-hybridized carbons (Fsp3) is 0.162. The third-order valence-corrected chi connectivity index (χ3v) is 8.99. The van der Waals surface area contributed by atoms with Crippen molar-refractivity contribution in [3.05, 3.63) is 120 Å². The first kappa shape index (κ1) is 24.8. The Morgan fingerprint density at radius 3 is 2.10 bits per heavy atom. The molecule has 40 heavy (non-hydrogen) atoms. The molecule has 0 aliphatic rings. The van der Waals surface area contributed by atoms with Gasteiger partial charge in [0.1, 0.15) is 5.82 Å². The number of rotatable bonds is 5. The molecule has 0 amide bonds. The van der Waals surface area contributed by atoms with E-state index in [1.165, 1.54) is 54.4 Å². The molecule has 196 valence electrons. The second-order valence-electron chi connectivity index (χ2n) is 11.3. The van der Waals surface area contributed by atoms with Crippen molar-refractivity contribution in [3.8, 4) is 28.2 Å². The number of hydrogen-bond donors (Lipinski definition) is 0. The Balaban J connectivity index is 1.50. The Morgan fingerprint density at radius 1 is 0.650 bits per heavy atom. The highest BCUT2D eigenvalue weighted by atomic mass is 32.1. The van der Waals surface area contributed by atoms with Gasteiger partial charge in [-0.15, -0.1) is 11.3 Å². The maximum absolute atomic E-state index is 5.30. The third-order valence-electron chi connectivity index (χ3n) is 8.02. The molecule has 2 heterocycles. The van der Waals surface area contributed by atoms with Crippen LogP contribution in [0.15, 0.2) is 109 Å². The molecule has 0 aliphatic heterocycles. The topological polar surface area (TPSA) is 17.8 Å². The Labute approximate surface area is 239 Å². The van der Waals surface area contributed by atoms with Crippen molar-refractivity contribution in [2.24, 2.45) is 0 Å². The van der Waals surface area contributed by atoms with E-state index >= 15 is 0 Å². The maximum atomic E-state index is 5.30. The van der Waals surface area contributed by atoms with E-state index in [9.17, 15) is 0 Å². The van der Waals surface area contributed by atoms with Gasteiger partial charge in [0.2, 0.25) is 0 Å². The van der Waals surface area contributed by atoms with Crippen molar-refractivity contribution in [2.75, 3.05) is 0 Å². The first-order chi connectivity index (χ1) is 19.5. The van der Waals surface area contributed by atoms with Gasteiger partial charge in [0, 0.05) is 21.0 Å². The van der Waals surface area contributed by atoms with Gasteiger partial charge in [0.25, 0.3) is 0 Å². The lowest BCUT2D eigenvalue weighted by molar-refractivity contribution is 0.811. The van der Waals surface area contributed by atoms with Gasteiger partial charge >= 0.3 is 0 Å². The summed E-state index contributed by atoms with van der Waals surface area (Å²) in [5, 5.41) is 6.07. The zero-order chi connectivity index (χ0) is 27.4. The van der Waals surface area contributed by atoms with Gasteiger partial charge < -0.3 is 0 Å². The fourth-order valence-electron chi connectivity index (χ4n) is 5.95. The highest BCUT2D eigenvalue weighted by molar-refractivity contribution is 7.17. The largest absolute Gasteiger partial charge is 0.292 e. The molecule has 3 heteroatoms. The van der Waals surface area contributed by atoms with Crippen molar-refractivity contribution >= 4 is 43.2 Å². The van der Waals surface area contributed by atoms with Crippen molar-refractivity contribution in [1.82, 2.24) is 9.55 Å². The molecule has 0 spiro atoms. The van der Waals surface area contributed by atoms with Crippen molar-refractivity contribution in [1.29, 1.82) is 0 Å². The van der Waals surface area contributed by atoms with E-state index < -0.39 is 0 Å². The van der Waals surface area contributed by atoms with E-state index in [2.05, 4.69) is 141 Å². The van der Waals surface area contributed by atoms with Crippen LogP contribution in [0.25, 0.3) is 60.1 Å². The summed E-state index contributed by atoms with van der Waals surface area (Å²) in [7, 11) is 0. The van der Waals surface area contributed by atoms with Crippen LogP contribution in [-0.2, 0) is 0 Å². The molecule has 0 saturated heterocycles. The van der Waals surface area contributed by atoms with E-state index in [0.717, 1.165) is 16.9 Å². The molecule has 0 bridgehead atoms. The van der Waals surface area contributed by atoms with Crippen LogP contribution >= 0.6 is 11.3 Å². The number of thiophene rings is 1. The first-order valence-corrected chi connectivity index (χ1v) is 15.0. The lowest BCUT2D eigenvalue weighted by Crippen LogP contribution is -2.08. The van der Waals surface area contributed by atoms with Gasteiger partial charge in [-0.2, -0.15) is 0 Å². The minimum atomic E-state index is 0.390. The van der Waals surface area contributed by atoms with Gasteiger partial charge in [0.15, 0.2) is 0 Å². The summed E-state index contributed by atoms with van der Waals surface area (Å²) in [6, 6.07) is 37.5. The Bertz CT molecular complexity index is 2000. The molecule has 0 radical (unpaired) electrons. The summed E-state index contributed by atoms with van der Waals surface area (Å²) in [6.45, 7) is 9.16. The molecule has 0 N–H and O–H groups in total. The van der Waals surface area contributed by atoms with E-state index in [0.29, 0.717) is 11.8 Å². The van der Waals surface area contributed by atoms with E-state index in [4.69, 9.17) is 4.98 Å². The number of nitrogens with zero attached hydrogens (tertiary/aromatic N) is 2. The van der Waals surface area contributed by atoms with Crippen LogP contribution in [0.5, 0.6) is 0 Å². The van der Waals surface area contributed by atoms with Crippen LogP contribution in [0.4, 0.5) is 0 Å². The minimum Gasteiger partial charge on any atom is -0.292 e. The molecule has 2 nitrogen and oxygen atoms in total. The van der Waals surface area contributed by atoms with E-state index in [1.54, 1.807) is 11.3 Å². The lowest BCUT2D eigenvalue weighted by Gasteiger charge is -2.22. The molecule has 0 atom stereocenters. The summed E-state index contributed by atoms with van der Waals surface area (Å²) >= 11 is 1.80. The SMILES string of the molecule is CC(C)c1cccc(C(C)C)c1-n1c(-c2csc3ccc(-c4ccc5ccccc5c4)cc23)nc2ccccc21. The van der Waals surface area contributed by atoms with Crippen LogP contribution in [-0.4, -0.2) is 9.55 Å². The minimum absolute atomic E-state index is 0.390. The zero-order valence-corrected chi connectivity index (χ0v) is 24.2. The summed E-state index contributed by atoms with van der Waals surface area (Å²) in [5.41, 5.74) is 9.81. The third kappa shape index (κ3) is 4.04. The van der Waals surface area contributed by atoms with Crippen molar-refractivity contribution in [3.63, 3.8) is 0 Å². The second-order valence-corrected chi connectivity index (χ2v) is 12.2. The molecule has 5 aromatic carbocycles. The summed E-state index contributed by atoms with van der Waals surface area (Å²) in [4.78, 5) is 5.30. The number of para-hydroxylation sites is 3. The summed E-state index contributed by atoms with van der Waals surface area (Å²) < 4.78 is 3.71. The van der Waals surface area contributed by atoms with Gasteiger partial charge in [-0.25, -0.2) is 4.98 Å². The molecular formula is C37H32N2S. The normalized spacial score (nSPS) is 11.9. The monoisotopic (exact) mass is 536 g/mol. The molecule has 0 saturated carbocycles.